The number of nitrogens with two attached hydrogens (primary N) is 1. The lowest BCUT2D eigenvalue weighted by Gasteiger charge is -2.50. The van der Waals surface area contributed by atoms with Crippen LogP contribution in [0.1, 0.15) is 40.7 Å². The summed E-state index contributed by atoms with van der Waals surface area (Å²) in [6.45, 7) is 0.00347. The molecule has 0 unspecified atom stereocenters. The number of Topliss-reactive ketones (excluding diaryl/α,β-unsaturated/α-hetero) is 2. The number of likely N-dealkylation sites (N-methyl/N-ethyl adjacent to an activating group) is 1. The van der Waals surface area contributed by atoms with Crippen LogP contribution in [0.15, 0.2) is 28.7 Å². The molecule has 1 aromatic carbocycles. The van der Waals surface area contributed by atoms with E-state index in [0.29, 0.717) is 11.3 Å². The fourth-order valence-corrected chi connectivity index (χ4v) is 6.95. The molecule has 0 radical (unpaired) electrons. The molecule has 7 N–H and O–H groups in total. The molecular formula is C28H34F2N4O7. The number of benzene rings is 1. The molecule has 13 heteroatoms. The Morgan fingerprint density at radius 1 is 1.15 bits per heavy atom. The van der Waals surface area contributed by atoms with Crippen LogP contribution < -0.4 is 16.0 Å². The number of rotatable bonds is 6. The predicted octanol–water partition coefficient (Wildman–Crippen LogP) is 1.07. The molecule has 0 spiro atoms. The number of hydrogen-bond acceptors (Lipinski definition) is 10. The fourth-order valence-electron chi connectivity index (χ4n) is 6.95. The number of ketones is 2. The second-order valence-electron chi connectivity index (χ2n) is 12.0. The lowest BCUT2D eigenvalue weighted by atomic mass is 9.58. The Labute approximate surface area is 234 Å². The molecule has 11 nitrogen and oxygen atoms in total. The summed E-state index contributed by atoms with van der Waals surface area (Å²) in [6, 6.07) is 0.152. The van der Waals surface area contributed by atoms with Gasteiger partial charge in [-0.25, -0.2) is 8.78 Å². The van der Waals surface area contributed by atoms with Gasteiger partial charge < -0.3 is 36.4 Å². The number of alkyl halides is 2. The van der Waals surface area contributed by atoms with Crippen molar-refractivity contribution in [2.24, 2.45) is 17.6 Å². The van der Waals surface area contributed by atoms with Crippen LogP contribution in [-0.4, -0.2) is 94.6 Å². The molecule has 4 atom stereocenters. The van der Waals surface area contributed by atoms with Gasteiger partial charge in [0.1, 0.15) is 22.8 Å². The molecule has 0 heterocycles. The first-order valence-corrected chi connectivity index (χ1v) is 13.3. The van der Waals surface area contributed by atoms with Crippen molar-refractivity contribution >= 4 is 23.2 Å². The summed E-state index contributed by atoms with van der Waals surface area (Å²) in [5.74, 6) is -9.90. The quantitative estimate of drug-likeness (QED) is 0.269. The molecule has 222 valence electrons. The predicted molar refractivity (Wildman–Crippen MR) is 143 cm³/mol. The Morgan fingerprint density at radius 2 is 1.78 bits per heavy atom. The van der Waals surface area contributed by atoms with E-state index in [1.54, 1.807) is 39.2 Å². The number of phenolic OH excluding ortho intramolecular Hbond substituents is 1. The fraction of sp³-hybridized carbons (Fsp3) is 0.536. The van der Waals surface area contributed by atoms with Crippen molar-refractivity contribution in [3.8, 4) is 5.75 Å². The van der Waals surface area contributed by atoms with Crippen LogP contribution >= 0.6 is 0 Å². The highest BCUT2D eigenvalue weighted by atomic mass is 19.3. The number of nitrogens with one attached hydrogen (secondary N) is 1. The Morgan fingerprint density at radius 3 is 2.32 bits per heavy atom. The van der Waals surface area contributed by atoms with Crippen LogP contribution in [0.5, 0.6) is 5.75 Å². The van der Waals surface area contributed by atoms with Crippen molar-refractivity contribution < 1.29 is 43.6 Å². The minimum absolute atomic E-state index is 0.00347. The highest BCUT2D eigenvalue weighted by molar-refractivity contribution is 6.24. The minimum Gasteiger partial charge on any atom is -0.510 e. The molecule has 41 heavy (non-hydrogen) atoms. The lowest BCUT2D eigenvalue weighted by Crippen LogP contribution is -2.63. The Balaban J connectivity index is 1.62. The second kappa shape index (κ2) is 9.50. The van der Waals surface area contributed by atoms with Gasteiger partial charge in [0, 0.05) is 62.3 Å². The zero-order valence-electron chi connectivity index (χ0n) is 23.2. The van der Waals surface area contributed by atoms with Crippen LogP contribution in [0.3, 0.4) is 0 Å². The van der Waals surface area contributed by atoms with E-state index >= 15 is 0 Å². The highest BCUT2D eigenvalue weighted by Gasteiger charge is 2.63. The lowest BCUT2D eigenvalue weighted by molar-refractivity contribution is -0.148. The number of carbonyl (C=O) groups is 3. The van der Waals surface area contributed by atoms with E-state index < -0.39 is 75.8 Å². The number of anilines is 1. The van der Waals surface area contributed by atoms with E-state index in [4.69, 9.17) is 5.73 Å². The van der Waals surface area contributed by atoms with E-state index in [-0.39, 0.29) is 48.9 Å². The second-order valence-corrected chi connectivity index (χ2v) is 12.0. The number of halogens is 2. The van der Waals surface area contributed by atoms with Gasteiger partial charge in [-0.05, 0) is 44.5 Å². The Bertz CT molecular complexity index is 1430. The number of nitrogens with zero attached hydrogens (tertiary/aromatic N) is 2. The third-order valence-corrected chi connectivity index (χ3v) is 8.93. The van der Waals surface area contributed by atoms with Crippen LogP contribution in [0.4, 0.5) is 14.5 Å². The van der Waals surface area contributed by atoms with Crippen molar-refractivity contribution in [3.63, 3.8) is 0 Å². The maximum Gasteiger partial charge on any atom is 0.255 e. The van der Waals surface area contributed by atoms with Gasteiger partial charge in [-0.1, -0.05) is 0 Å². The molecule has 1 saturated carbocycles. The number of amides is 1. The van der Waals surface area contributed by atoms with Gasteiger partial charge in [-0.15, -0.1) is 0 Å². The number of hydrogen-bond donors (Lipinski definition) is 6. The van der Waals surface area contributed by atoms with Crippen LogP contribution in [0.2, 0.25) is 0 Å². The van der Waals surface area contributed by atoms with Gasteiger partial charge in [-0.2, -0.15) is 0 Å². The molecular weight excluding hydrogens is 542 g/mol. The minimum atomic E-state index is -2.74. The van der Waals surface area contributed by atoms with Crippen molar-refractivity contribution in [2.45, 2.75) is 55.8 Å². The summed E-state index contributed by atoms with van der Waals surface area (Å²) in [5, 5.41) is 48.3. The van der Waals surface area contributed by atoms with Crippen molar-refractivity contribution in [1.82, 2.24) is 10.2 Å². The zero-order chi connectivity index (χ0) is 30.3. The standard InChI is InChI=1S/C28H34F2N4O7/c1-33(2)16-7-12(10-32-13-8-27(29,30)9-13)21(35)18-14(16)5-11-6-15-20(34(3)4)23(37)19(26(31)40)25(39)28(15,41)24(38)17(11)22(18)36/h7,11,13,15,20,32,35,37-38,41H,5-6,8-10H2,1-4H3,(H2,31,40)/t11-,15-,20-,28-/m0/s1. The number of fused-ring (bicyclic) bond motifs is 3. The molecule has 4 aliphatic rings. The number of primary amides is 1. The van der Waals surface area contributed by atoms with Gasteiger partial charge in [0.05, 0.1) is 11.6 Å². The summed E-state index contributed by atoms with van der Waals surface area (Å²) in [5.41, 5.74) is 2.77. The van der Waals surface area contributed by atoms with Crippen LogP contribution in [0, 0.1) is 11.8 Å². The summed E-state index contributed by atoms with van der Waals surface area (Å²) in [4.78, 5) is 42.8. The molecule has 0 bridgehead atoms. The van der Waals surface area contributed by atoms with Gasteiger partial charge >= 0.3 is 0 Å². The molecule has 0 saturated heterocycles. The van der Waals surface area contributed by atoms with E-state index in [2.05, 4.69) is 5.32 Å². The van der Waals surface area contributed by atoms with Crippen molar-refractivity contribution in [3.05, 3.63) is 45.4 Å². The van der Waals surface area contributed by atoms with Gasteiger partial charge in [0.25, 0.3) is 11.8 Å². The molecule has 0 aliphatic heterocycles. The summed E-state index contributed by atoms with van der Waals surface area (Å²) in [6.07, 6.45) is -0.532. The topological polar surface area (TPSA) is 177 Å². The average molecular weight is 577 g/mol. The number of allylic oxidation sites excluding steroid dienone is 1. The number of aliphatic hydroxyl groups excluding tert-OH is 2. The highest BCUT2D eigenvalue weighted by Crippen LogP contribution is 2.53. The smallest absolute Gasteiger partial charge is 0.255 e. The van der Waals surface area contributed by atoms with Gasteiger partial charge in [-0.3, -0.25) is 19.3 Å². The average Bonchev–Trinajstić information content (AvgIpc) is 2.83. The zero-order valence-corrected chi connectivity index (χ0v) is 23.2. The molecule has 4 aliphatic carbocycles. The number of aromatic hydroxyl groups is 1. The maximum atomic E-state index is 14.0. The summed E-state index contributed by atoms with van der Waals surface area (Å²) >= 11 is 0. The van der Waals surface area contributed by atoms with Gasteiger partial charge in [0.2, 0.25) is 5.78 Å². The molecule has 5 rings (SSSR count). The number of aliphatic hydroxyl groups is 3. The van der Waals surface area contributed by atoms with E-state index in [9.17, 15) is 43.6 Å². The van der Waals surface area contributed by atoms with Crippen LogP contribution in [-0.2, 0) is 22.6 Å². The van der Waals surface area contributed by atoms with Crippen molar-refractivity contribution in [1.29, 1.82) is 0 Å². The molecule has 1 amide bonds. The maximum absolute atomic E-state index is 14.0. The largest absolute Gasteiger partial charge is 0.510 e. The van der Waals surface area contributed by atoms with Crippen LogP contribution in [0.25, 0.3) is 0 Å². The van der Waals surface area contributed by atoms with Gasteiger partial charge in [0.15, 0.2) is 11.4 Å². The Hall–Kier alpha value is -3.55. The summed E-state index contributed by atoms with van der Waals surface area (Å²) in [7, 11) is 6.63. The number of carbonyl (C=O) groups excluding carboxylic acids is 3. The molecule has 1 fully saturated rings. The summed E-state index contributed by atoms with van der Waals surface area (Å²) < 4.78 is 26.6. The normalized spacial score (nSPS) is 29.2. The first-order chi connectivity index (χ1) is 19.0. The SMILES string of the molecule is CN(C)c1cc(CNC2CC(F)(F)C2)c(O)c2c1C[C@H]1C[C@H]3[C@H](N(C)C)C(O)=C(C(N)=O)C(=O)[C@@]3(O)C(O)=C1C2=O. The third kappa shape index (κ3) is 4.20. The first kappa shape index (κ1) is 29.0. The Kier molecular flexibility index (Phi) is 6.71. The number of phenols is 1. The first-order valence-electron chi connectivity index (χ1n) is 13.3. The van der Waals surface area contributed by atoms with E-state index in [1.165, 1.54) is 4.90 Å². The van der Waals surface area contributed by atoms with E-state index in [1.807, 2.05) is 0 Å². The molecule has 0 aromatic heterocycles. The third-order valence-electron chi connectivity index (χ3n) is 8.93. The molecule has 1 aromatic rings. The monoisotopic (exact) mass is 576 g/mol. The van der Waals surface area contributed by atoms with E-state index in [0.717, 1.165) is 0 Å². The van der Waals surface area contributed by atoms with Crippen molar-refractivity contribution in [2.75, 3.05) is 33.1 Å².